The third kappa shape index (κ3) is 4.31. The first-order valence-electron chi connectivity index (χ1n) is 7.75. The van der Waals surface area contributed by atoms with Gasteiger partial charge in [-0.05, 0) is 39.2 Å². The Kier molecular flexibility index (Phi) is 5.46. The van der Waals surface area contributed by atoms with E-state index >= 15 is 0 Å². The van der Waals surface area contributed by atoms with E-state index in [1.807, 2.05) is 13.8 Å². The minimum atomic E-state index is -3.49. The molecular weight excluding hydrogens is 288 g/mol. The van der Waals surface area contributed by atoms with Crippen molar-refractivity contribution in [1.29, 1.82) is 0 Å². The molecule has 1 saturated carbocycles. The Bertz CT molecular complexity index is 574. The van der Waals surface area contributed by atoms with E-state index in [2.05, 4.69) is 10.0 Å². The lowest BCUT2D eigenvalue weighted by Gasteiger charge is -2.09. The van der Waals surface area contributed by atoms with Crippen LogP contribution in [-0.4, -0.2) is 21.5 Å². The summed E-state index contributed by atoms with van der Waals surface area (Å²) in [4.78, 5) is 0.312. The van der Waals surface area contributed by atoms with Crippen LogP contribution in [0.5, 0.6) is 0 Å². The number of hydrogen-bond donors (Lipinski definition) is 2. The van der Waals surface area contributed by atoms with Crippen molar-refractivity contribution in [2.45, 2.75) is 57.9 Å². The van der Waals surface area contributed by atoms with Crippen molar-refractivity contribution >= 4 is 10.0 Å². The van der Waals surface area contributed by atoms with E-state index in [0.717, 1.165) is 30.9 Å². The lowest BCUT2D eigenvalue weighted by atomic mass is 10.2. The molecule has 0 aromatic carbocycles. The quantitative estimate of drug-likeness (QED) is 0.687. The molecule has 1 aromatic rings. The van der Waals surface area contributed by atoms with Crippen LogP contribution in [0.3, 0.4) is 0 Å². The van der Waals surface area contributed by atoms with Gasteiger partial charge in [0.05, 0.1) is 0 Å². The molecular formula is C15H26N2O3S. The SMILES string of the molecule is CCNCc1c(C)oc(C)c1S(=O)(=O)NCCCC1CC1. The van der Waals surface area contributed by atoms with Gasteiger partial charge in [0, 0.05) is 18.7 Å². The van der Waals surface area contributed by atoms with Crippen molar-refractivity contribution < 1.29 is 12.8 Å². The number of hydrogen-bond acceptors (Lipinski definition) is 4. The van der Waals surface area contributed by atoms with Crippen LogP contribution in [0.4, 0.5) is 0 Å². The Morgan fingerprint density at radius 1 is 1.24 bits per heavy atom. The molecule has 21 heavy (non-hydrogen) atoms. The minimum Gasteiger partial charge on any atom is -0.465 e. The summed E-state index contributed by atoms with van der Waals surface area (Å²) in [7, 11) is -3.49. The molecule has 5 nitrogen and oxygen atoms in total. The first-order valence-corrected chi connectivity index (χ1v) is 9.23. The van der Waals surface area contributed by atoms with Gasteiger partial charge in [-0.25, -0.2) is 13.1 Å². The number of furan rings is 1. The van der Waals surface area contributed by atoms with Gasteiger partial charge in [0.1, 0.15) is 16.4 Å². The van der Waals surface area contributed by atoms with Crippen LogP contribution in [0.25, 0.3) is 0 Å². The van der Waals surface area contributed by atoms with Gasteiger partial charge in [0.25, 0.3) is 0 Å². The van der Waals surface area contributed by atoms with E-state index in [0.29, 0.717) is 29.5 Å². The van der Waals surface area contributed by atoms with E-state index < -0.39 is 10.0 Å². The maximum absolute atomic E-state index is 12.5. The van der Waals surface area contributed by atoms with Crippen LogP contribution >= 0.6 is 0 Å². The molecule has 0 aliphatic heterocycles. The zero-order valence-corrected chi connectivity index (χ0v) is 14.0. The Labute approximate surface area is 127 Å². The highest BCUT2D eigenvalue weighted by Crippen LogP contribution is 2.33. The number of rotatable bonds is 9. The van der Waals surface area contributed by atoms with Gasteiger partial charge in [-0.1, -0.05) is 19.8 Å². The lowest BCUT2D eigenvalue weighted by Crippen LogP contribution is -2.27. The highest BCUT2D eigenvalue weighted by Gasteiger charge is 2.26. The maximum Gasteiger partial charge on any atom is 0.244 e. The molecule has 2 N–H and O–H groups in total. The summed E-state index contributed by atoms with van der Waals surface area (Å²) in [5, 5.41) is 3.17. The molecule has 0 radical (unpaired) electrons. The molecule has 1 fully saturated rings. The fraction of sp³-hybridized carbons (Fsp3) is 0.733. The molecule has 1 aromatic heterocycles. The Hall–Kier alpha value is -0.850. The second-order valence-corrected chi connectivity index (χ2v) is 7.49. The summed E-state index contributed by atoms with van der Waals surface area (Å²) in [5.41, 5.74) is 0.740. The maximum atomic E-state index is 12.5. The number of sulfonamides is 1. The monoisotopic (exact) mass is 314 g/mol. The van der Waals surface area contributed by atoms with Crippen LogP contribution in [0.2, 0.25) is 0 Å². The van der Waals surface area contributed by atoms with Gasteiger partial charge < -0.3 is 9.73 Å². The fourth-order valence-corrected chi connectivity index (χ4v) is 4.11. The highest BCUT2D eigenvalue weighted by atomic mass is 32.2. The molecule has 1 aliphatic carbocycles. The van der Waals surface area contributed by atoms with Crippen molar-refractivity contribution in [3.63, 3.8) is 0 Å². The minimum absolute atomic E-state index is 0.312. The summed E-state index contributed by atoms with van der Waals surface area (Å²) >= 11 is 0. The third-order valence-electron chi connectivity index (χ3n) is 3.92. The molecule has 0 unspecified atom stereocenters. The van der Waals surface area contributed by atoms with Gasteiger partial charge >= 0.3 is 0 Å². The zero-order valence-electron chi connectivity index (χ0n) is 13.2. The van der Waals surface area contributed by atoms with Crippen LogP contribution in [0.1, 0.15) is 49.7 Å². The molecule has 2 rings (SSSR count). The molecule has 1 heterocycles. The van der Waals surface area contributed by atoms with Crippen LogP contribution in [0, 0.1) is 19.8 Å². The van der Waals surface area contributed by atoms with Crippen molar-refractivity contribution in [3.05, 3.63) is 17.1 Å². The van der Waals surface area contributed by atoms with Crippen molar-refractivity contribution in [2.24, 2.45) is 5.92 Å². The molecule has 0 bridgehead atoms. The molecule has 0 saturated heterocycles. The molecule has 120 valence electrons. The summed E-state index contributed by atoms with van der Waals surface area (Å²) in [5.74, 6) is 1.97. The van der Waals surface area contributed by atoms with E-state index in [1.54, 1.807) is 6.92 Å². The Balaban J connectivity index is 2.06. The van der Waals surface area contributed by atoms with Gasteiger partial charge in [-0.3, -0.25) is 0 Å². The van der Waals surface area contributed by atoms with Crippen LogP contribution < -0.4 is 10.0 Å². The third-order valence-corrected chi connectivity index (χ3v) is 5.58. The van der Waals surface area contributed by atoms with Gasteiger partial charge in [0.15, 0.2) is 0 Å². The lowest BCUT2D eigenvalue weighted by molar-refractivity contribution is 0.493. The summed E-state index contributed by atoms with van der Waals surface area (Å²) in [6.07, 6.45) is 4.64. The second-order valence-electron chi connectivity index (χ2n) is 5.79. The summed E-state index contributed by atoms with van der Waals surface area (Å²) in [6.45, 7) is 7.32. The predicted octanol–water partition coefficient (Wildman–Crippen LogP) is 2.47. The average molecular weight is 314 g/mol. The van der Waals surface area contributed by atoms with Gasteiger partial charge in [-0.2, -0.15) is 0 Å². The predicted molar refractivity (Wildman–Crippen MR) is 82.7 cm³/mol. The van der Waals surface area contributed by atoms with Crippen LogP contribution in [0.15, 0.2) is 9.31 Å². The molecule has 1 aliphatic rings. The van der Waals surface area contributed by atoms with Crippen molar-refractivity contribution in [3.8, 4) is 0 Å². The van der Waals surface area contributed by atoms with E-state index in [1.165, 1.54) is 12.8 Å². The largest absolute Gasteiger partial charge is 0.465 e. The van der Waals surface area contributed by atoms with E-state index in [4.69, 9.17) is 4.42 Å². The number of aryl methyl sites for hydroxylation is 2. The summed E-state index contributed by atoms with van der Waals surface area (Å²) in [6, 6.07) is 0. The van der Waals surface area contributed by atoms with Crippen molar-refractivity contribution in [1.82, 2.24) is 10.0 Å². The standard InChI is InChI=1S/C15H26N2O3S/c1-4-16-10-14-11(2)20-12(3)15(14)21(18,19)17-9-5-6-13-7-8-13/h13,16-17H,4-10H2,1-3H3. The first kappa shape index (κ1) is 16.5. The Morgan fingerprint density at radius 3 is 2.57 bits per heavy atom. The fourth-order valence-electron chi connectivity index (χ4n) is 2.59. The Morgan fingerprint density at radius 2 is 1.95 bits per heavy atom. The molecule has 0 atom stereocenters. The molecule has 0 amide bonds. The average Bonchev–Trinajstić information content (AvgIpc) is 3.18. The number of nitrogens with one attached hydrogen (secondary N) is 2. The highest BCUT2D eigenvalue weighted by molar-refractivity contribution is 7.89. The van der Waals surface area contributed by atoms with Crippen LogP contribution in [-0.2, 0) is 16.6 Å². The van der Waals surface area contributed by atoms with E-state index in [-0.39, 0.29) is 0 Å². The molecule has 6 heteroatoms. The van der Waals surface area contributed by atoms with E-state index in [9.17, 15) is 8.42 Å². The molecule has 0 spiro atoms. The summed E-state index contributed by atoms with van der Waals surface area (Å²) < 4.78 is 33.3. The second kappa shape index (κ2) is 6.94. The smallest absolute Gasteiger partial charge is 0.244 e. The zero-order chi connectivity index (χ0) is 15.5. The van der Waals surface area contributed by atoms with Gasteiger partial charge in [0.2, 0.25) is 10.0 Å². The topological polar surface area (TPSA) is 71.3 Å². The normalized spacial score (nSPS) is 15.6. The van der Waals surface area contributed by atoms with Gasteiger partial charge in [-0.15, -0.1) is 0 Å². The van der Waals surface area contributed by atoms with Crippen molar-refractivity contribution in [2.75, 3.05) is 13.1 Å². The first-order chi connectivity index (χ1) is 9.95.